The first kappa shape index (κ1) is 17.3. The number of nitrogens with zero attached hydrogens (tertiary/aromatic N) is 1. The first-order chi connectivity index (χ1) is 9.65. The van der Waals surface area contributed by atoms with Crippen molar-refractivity contribution in [1.82, 2.24) is 4.90 Å². The highest BCUT2D eigenvalue weighted by Crippen LogP contribution is 2.25. The monoisotopic (exact) mass is 292 g/mol. The van der Waals surface area contributed by atoms with Crippen LogP contribution in [0.4, 0.5) is 10.5 Å². The van der Waals surface area contributed by atoms with Gasteiger partial charge in [0.2, 0.25) is 0 Å². The second kappa shape index (κ2) is 6.83. The quantitative estimate of drug-likeness (QED) is 0.896. The Labute approximate surface area is 128 Å². The summed E-state index contributed by atoms with van der Waals surface area (Å²) in [5, 5.41) is 3.34. The third kappa shape index (κ3) is 4.96. The molecule has 0 saturated carbocycles. The molecule has 1 aromatic rings. The van der Waals surface area contributed by atoms with E-state index in [2.05, 4.69) is 37.4 Å². The zero-order chi connectivity index (χ0) is 16.2. The maximum absolute atomic E-state index is 12.1. The van der Waals surface area contributed by atoms with Gasteiger partial charge in [-0.3, -0.25) is 0 Å². The normalized spacial score (nSPS) is 12.7. The van der Waals surface area contributed by atoms with Crippen molar-refractivity contribution in [2.24, 2.45) is 0 Å². The maximum atomic E-state index is 12.1. The van der Waals surface area contributed by atoms with E-state index in [1.54, 1.807) is 11.9 Å². The number of carbonyl (C=O) groups is 1. The average molecular weight is 292 g/mol. The lowest BCUT2D eigenvalue weighted by Crippen LogP contribution is -2.35. The summed E-state index contributed by atoms with van der Waals surface area (Å²) < 4.78 is 5.41. The Hall–Kier alpha value is -1.71. The number of hydrogen-bond acceptors (Lipinski definition) is 3. The molecule has 0 aromatic heterocycles. The Balaban J connectivity index is 2.89. The van der Waals surface area contributed by atoms with E-state index in [-0.39, 0.29) is 12.1 Å². The maximum Gasteiger partial charge on any atom is 0.410 e. The number of ether oxygens (including phenoxy) is 1. The fraction of sp³-hybridized carbons (Fsp3) is 0.588. The summed E-state index contributed by atoms with van der Waals surface area (Å²) in [7, 11) is 1.77. The molecule has 118 valence electrons. The van der Waals surface area contributed by atoms with Gasteiger partial charge in [-0.05, 0) is 58.7 Å². The summed E-state index contributed by atoms with van der Waals surface area (Å²) in [4.78, 5) is 13.8. The first-order valence-corrected chi connectivity index (χ1v) is 7.46. The lowest BCUT2D eigenvalue weighted by molar-refractivity contribution is 0.0234. The van der Waals surface area contributed by atoms with Gasteiger partial charge in [-0.1, -0.05) is 12.1 Å². The van der Waals surface area contributed by atoms with E-state index in [1.165, 1.54) is 5.56 Å². The van der Waals surface area contributed by atoms with Crippen molar-refractivity contribution in [3.8, 4) is 0 Å². The average Bonchev–Trinajstić information content (AvgIpc) is 2.38. The molecule has 1 rings (SSSR count). The Morgan fingerprint density at radius 2 is 2.00 bits per heavy atom. The minimum Gasteiger partial charge on any atom is -0.444 e. The van der Waals surface area contributed by atoms with Gasteiger partial charge < -0.3 is 15.0 Å². The Kier molecular flexibility index (Phi) is 5.64. The van der Waals surface area contributed by atoms with Crippen LogP contribution in [0.25, 0.3) is 0 Å². The standard InChI is InChI=1S/C17H28N2O2/c1-8-18-15-11-14(10-9-12(15)2)13(3)19(7)16(20)21-17(4,5)6/h9-11,13,18H,8H2,1-7H3/t13-/m1/s1. The van der Waals surface area contributed by atoms with Crippen molar-refractivity contribution in [2.75, 3.05) is 18.9 Å². The summed E-state index contributed by atoms with van der Waals surface area (Å²) in [6.07, 6.45) is -0.305. The Morgan fingerprint density at radius 3 is 2.52 bits per heavy atom. The minimum absolute atomic E-state index is 0.0437. The van der Waals surface area contributed by atoms with Gasteiger partial charge in [0.1, 0.15) is 5.60 Å². The molecule has 21 heavy (non-hydrogen) atoms. The van der Waals surface area contributed by atoms with Crippen LogP contribution in [0.3, 0.4) is 0 Å². The van der Waals surface area contributed by atoms with E-state index < -0.39 is 5.60 Å². The van der Waals surface area contributed by atoms with E-state index >= 15 is 0 Å². The number of rotatable bonds is 4. The highest BCUT2D eigenvalue weighted by Gasteiger charge is 2.24. The largest absolute Gasteiger partial charge is 0.444 e. The molecule has 0 aliphatic rings. The molecule has 0 aliphatic carbocycles. The molecule has 4 heteroatoms. The number of aryl methyl sites for hydroxylation is 1. The van der Waals surface area contributed by atoms with Gasteiger partial charge in [0.05, 0.1) is 6.04 Å². The molecule has 0 saturated heterocycles. The van der Waals surface area contributed by atoms with Crippen LogP contribution < -0.4 is 5.32 Å². The zero-order valence-corrected chi connectivity index (χ0v) is 14.3. The van der Waals surface area contributed by atoms with Crippen molar-refractivity contribution in [2.45, 2.75) is 53.2 Å². The number of carbonyl (C=O) groups excluding carboxylic acids is 1. The molecule has 1 aromatic carbocycles. The summed E-state index contributed by atoms with van der Waals surface area (Å²) in [6, 6.07) is 6.19. The summed E-state index contributed by atoms with van der Waals surface area (Å²) in [5.74, 6) is 0. The molecule has 1 amide bonds. The molecule has 0 radical (unpaired) electrons. The highest BCUT2D eigenvalue weighted by atomic mass is 16.6. The van der Waals surface area contributed by atoms with E-state index in [1.807, 2.05) is 27.7 Å². The van der Waals surface area contributed by atoms with E-state index in [0.29, 0.717) is 0 Å². The van der Waals surface area contributed by atoms with Crippen LogP contribution in [0.1, 0.15) is 51.8 Å². The summed E-state index contributed by atoms with van der Waals surface area (Å²) in [5.41, 5.74) is 2.92. The third-order valence-corrected chi connectivity index (χ3v) is 3.37. The SMILES string of the molecule is CCNc1cc([C@@H](C)N(C)C(=O)OC(C)(C)C)ccc1C. The van der Waals surface area contributed by atoms with Gasteiger partial charge in [0.15, 0.2) is 0 Å². The van der Waals surface area contributed by atoms with Crippen molar-refractivity contribution in [1.29, 1.82) is 0 Å². The predicted molar refractivity (Wildman–Crippen MR) is 87.8 cm³/mol. The zero-order valence-electron chi connectivity index (χ0n) is 14.3. The lowest BCUT2D eigenvalue weighted by Gasteiger charge is -2.29. The topological polar surface area (TPSA) is 41.6 Å². The molecule has 1 N–H and O–H groups in total. The van der Waals surface area contributed by atoms with Crippen LogP contribution in [0.5, 0.6) is 0 Å². The molecule has 0 unspecified atom stereocenters. The molecular formula is C17H28N2O2. The van der Waals surface area contributed by atoms with Gasteiger partial charge in [0, 0.05) is 19.3 Å². The van der Waals surface area contributed by atoms with Crippen molar-refractivity contribution in [3.63, 3.8) is 0 Å². The first-order valence-electron chi connectivity index (χ1n) is 7.46. The highest BCUT2D eigenvalue weighted by molar-refractivity contribution is 5.68. The molecule has 4 nitrogen and oxygen atoms in total. The summed E-state index contributed by atoms with van der Waals surface area (Å²) in [6.45, 7) is 12.6. The van der Waals surface area contributed by atoms with Crippen LogP contribution in [-0.2, 0) is 4.74 Å². The smallest absolute Gasteiger partial charge is 0.410 e. The minimum atomic E-state index is -0.479. The van der Waals surface area contributed by atoms with E-state index in [9.17, 15) is 4.79 Å². The van der Waals surface area contributed by atoms with Gasteiger partial charge in [-0.15, -0.1) is 0 Å². The van der Waals surface area contributed by atoms with E-state index in [4.69, 9.17) is 4.74 Å². The molecule has 0 fully saturated rings. The van der Waals surface area contributed by atoms with Gasteiger partial charge in [-0.2, -0.15) is 0 Å². The third-order valence-electron chi connectivity index (χ3n) is 3.37. The molecular weight excluding hydrogens is 264 g/mol. The molecule has 0 spiro atoms. The Bertz CT molecular complexity index is 492. The number of amides is 1. The van der Waals surface area contributed by atoms with Crippen LogP contribution in [0.2, 0.25) is 0 Å². The number of nitrogens with one attached hydrogen (secondary N) is 1. The predicted octanol–water partition coefficient (Wildman–Crippen LogP) is 4.35. The Morgan fingerprint density at radius 1 is 1.38 bits per heavy atom. The van der Waals surface area contributed by atoms with Crippen molar-refractivity contribution >= 4 is 11.8 Å². The van der Waals surface area contributed by atoms with E-state index in [0.717, 1.165) is 17.8 Å². The van der Waals surface area contributed by atoms with Crippen LogP contribution in [0.15, 0.2) is 18.2 Å². The van der Waals surface area contributed by atoms with Gasteiger partial charge >= 0.3 is 6.09 Å². The van der Waals surface area contributed by atoms with Gasteiger partial charge in [-0.25, -0.2) is 4.79 Å². The van der Waals surface area contributed by atoms with Crippen LogP contribution in [-0.4, -0.2) is 30.2 Å². The molecule has 1 atom stereocenters. The van der Waals surface area contributed by atoms with Gasteiger partial charge in [0.25, 0.3) is 0 Å². The molecule has 0 bridgehead atoms. The van der Waals surface area contributed by atoms with Crippen molar-refractivity contribution in [3.05, 3.63) is 29.3 Å². The number of hydrogen-bond donors (Lipinski definition) is 1. The van der Waals surface area contributed by atoms with Crippen LogP contribution >= 0.6 is 0 Å². The second-order valence-electron chi connectivity index (χ2n) is 6.37. The molecule has 0 heterocycles. The fourth-order valence-corrected chi connectivity index (χ4v) is 2.00. The number of benzene rings is 1. The fourth-order valence-electron chi connectivity index (χ4n) is 2.00. The van der Waals surface area contributed by atoms with Crippen LogP contribution in [0, 0.1) is 6.92 Å². The second-order valence-corrected chi connectivity index (χ2v) is 6.37. The summed E-state index contributed by atoms with van der Waals surface area (Å²) >= 11 is 0. The van der Waals surface area contributed by atoms with Crippen molar-refractivity contribution < 1.29 is 9.53 Å². The lowest BCUT2D eigenvalue weighted by atomic mass is 10.0. The number of anilines is 1. The molecule has 0 aliphatic heterocycles.